The number of hydrogen-bond donors (Lipinski definition) is 1. The minimum atomic E-state index is -0.461. The molecule has 0 aliphatic carbocycles. The summed E-state index contributed by atoms with van der Waals surface area (Å²) in [6.45, 7) is 4.01. The molecule has 3 rings (SSSR count). The Hall–Kier alpha value is -4.12. The Kier molecular flexibility index (Phi) is 8.19. The molecule has 0 aliphatic heterocycles. The third-order valence-corrected chi connectivity index (χ3v) is 5.16. The Morgan fingerprint density at radius 1 is 0.879 bits per heavy atom. The third kappa shape index (κ3) is 5.98. The summed E-state index contributed by atoms with van der Waals surface area (Å²) >= 11 is 0. The zero-order valence-electron chi connectivity index (χ0n) is 18.8. The molecule has 0 saturated carbocycles. The van der Waals surface area contributed by atoms with Gasteiger partial charge in [0.15, 0.2) is 5.69 Å². The Labute approximate surface area is 192 Å². The summed E-state index contributed by atoms with van der Waals surface area (Å²) in [4.78, 5) is 13.0. The zero-order chi connectivity index (χ0) is 23.6. The van der Waals surface area contributed by atoms with Crippen LogP contribution >= 0.6 is 0 Å². The van der Waals surface area contributed by atoms with Crippen molar-refractivity contribution in [1.29, 1.82) is 5.26 Å². The molecule has 0 aliphatic rings. The maximum atomic E-state index is 13.0. The molecule has 0 radical (unpaired) electrons. The maximum Gasteiger partial charge on any atom is 0.281 e. The van der Waals surface area contributed by atoms with Crippen molar-refractivity contribution < 1.29 is 5.11 Å². The van der Waals surface area contributed by atoms with Crippen LogP contribution < -0.4 is 5.56 Å². The molecule has 0 saturated heterocycles. The van der Waals surface area contributed by atoms with E-state index in [1.807, 2.05) is 36.4 Å². The van der Waals surface area contributed by atoms with E-state index >= 15 is 0 Å². The van der Waals surface area contributed by atoms with E-state index in [0.29, 0.717) is 23.5 Å². The maximum absolute atomic E-state index is 13.0. The van der Waals surface area contributed by atoms with E-state index in [1.165, 1.54) is 4.57 Å². The smallest absolute Gasteiger partial charge is 0.281 e. The number of rotatable bonds is 9. The van der Waals surface area contributed by atoms with Gasteiger partial charge in [-0.2, -0.15) is 20.6 Å². The van der Waals surface area contributed by atoms with E-state index in [-0.39, 0.29) is 17.1 Å². The Morgan fingerprint density at radius 3 is 2.03 bits per heavy atom. The van der Waals surface area contributed by atoms with E-state index < -0.39 is 5.56 Å². The lowest BCUT2D eigenvalue weighted by molar-refractivity contribution is 0.397. The quantitative estimate of drug-likeness (QED) is 0.280. The molecule has 0 atom stereocenters. The van der Waals surface area contributed by atoms with Crippen molar-refractivity contribution >= 4 is 22.7 Å². The van der Waals surface area contributed by atoms with Gasteiger partial charge in [0.25, 0.3) is 5.56 Å². The molecule has 0 amide bonds. The highest BCUT2D eigenvalue weighted by molar-refractivity contribution is 5.57. The minimum absolute atomic E-state index is 0.0377. The summed E-state index contributed by atoms with van der Waals surface area (Å²) in [5.74, 6) is -0.316. The fourth-order valence-corrected chi connectivity index (χ4v) is 3.27. The van der Waals surface area contributed by atoms with Crippen molar-refractivity contribution in [2.75, 3.05) is 0 Å². The fraction of sp³-hybridized carbons (Fsp3) is 0.280. The molecule has 0 spiro atoms. The standard InChI is InChI=1S/C25H26N6O2/c1-3-4-5-9-16-31-24(32)22(17-26)18(2)23(25(31)33)30-29-21-14-12-20(13-15-21)28-27-19-10-7-6-8-11-19/h6-8,10-15,32H,3-5,9,16H2,1-2H3. The van der Waals surface area contributed by atoms with E-state index in [2.05, 4.69) is 27.4 Å². The van der Waals surface area contributed by atoms with Crippen LogP contribution in [0.2, 0.25) is 0 Å². The molecule has 0 unspecified atom stereocenters. The minimum Gasteiger partial charge on any atom is -0.493 e. The second kappa shape index (κ2) is 11.5. The number of azo groups is 2. The second-order valence-corrected chi connectivity index (χ2v) is 7.55. The Balaban J connectivity index is 1.83. The summed E-state index contributed by atoms with van der Waals surface area (Å²) in [7, 11) is 0. The Morgan fingerprint density at radius 2 is 1.45 bits per heavy atom. The van der Waals surface area contributed by atoms with E-state index in [1.54, 1.807) is 31.2 Å². The number of pyridine rings is 1. The largest absolute Gasteiger partial charge is 0.493 e. The van der Waals surface area contributed by atoms with Crippen molar-refractivity contribution in [3.05, 3.63) is 76.1 Å². The third-order valence-electron chi connectivity index (χ3n) is 5.16. The summed E-state index contributed by atoms with van der Waals surface area (Å²) in [5, 5.41) is 36.6. The van der Waals surface area contributed by atoms with Crippen molar-refractivity contribution in [3.63, 3.8) is 0 Å². The normalized spacial score (nSPS) is 11.3. The van der Waals surface area contributed by atoms with Crippen LogP contribution in [-0.2, 0) is 6.54 Å². The van der Waals surface area contributed by atoms with Crippen LogP contribution in [0.25, 0.3) is 0 Å². The molecule has 33 heavy (non-hydrogen) atoms. The molecular weight excluding hydrogens is 416 g/mol. The van der Waals surface area contributed by atoms with Gasteiger partial charge in [0.05, 0.1) is 17.1 Å². The van der Waals surface area contributed by atoms with Gasteiger partial charge in [-0.3, -0.25) is 9.36 Å². The van der Waals surface area contributed by atoms with Gasteiger partial charge in [0.2, 0.25) is 5.88 Å². The zero-order valence-corrected chi connectivity index (χ0v) is 18.8. The Bertz CT molecular complexity index is 1240. The highest BCUT2D eigenvalue weighted by Crippen LogP contribution is 2.28. The number of aromatic hydroxyl groups is 1. The highest BCUT2D eigenvalue weighted by Gasteiger charge is 2.18. The van der Waals surface area contributed by atoms with Crippen LogP contribution in [0.3, 0.4) is 0 Å². The lowest BCUT2D eigenvalue weighted by Crippen LogP contribution is -2.22. The summed E-state index contributed by atoms with van der Waals surface area (Å²) in [6, 6.07) is 18.3. The van der Waals surface area contributed by atoms with Crippen LogP contribution in [0, 0.1) is 18.3 Å². The summed E-state index contributed by atoms with van der Waals surface area (Å²) < 4.78 is 1.21. The number of hydrogen-bond acceptors (Lipinski definition) is 7. The lowest BCUT2D eigenvalue weighted by atomic mass is 10.1. The van der Waals surface area contributed by atoms with E-state index in [4.69, 9.17) is 0 Å². The molecule has 3 aromatic rings. The molecule has 0 fully saturated rings. The van der Waals surface area contributed by atoms with E-state index in [9.17, 15) is 15.2 Å². The summed E-state index contributed by atoms with van der Waals surface area (Å²) in [6.07, 6.45) is 3.76. The van der Waals surface area contributed by atoms with E-state index in [0.717, 1.165) is 31.4 Å². The predicted octanol–water partition coefficient (Wildman–Crippen LogP) is 7.15. The van der Waals surface area contributed by atoms with Gasteiger partial charge in [-0.1, -0.05) is 44.4 Å². The first-order valence-corrected chi connectivity index (χ1v) is 10.9. The molecule has 8 heteroatoms. The number of nitriles is 1. The molecule has 1 heterocycles. The number of nitrogens with zero attached hydrogens (tertiary/aromatic N) is 6. The van der Waals surface area contributed by atoms with Gasteiger partial charge in [-0.25, -0.2) is 0 Å². The first-order valence-electron chi connectivity index (χ1n) is 10.9. The molecule has 8 nitrogen and oxygen atoms in total. The topological polar surface area (TPSA) is 115 Å². The molecular formula is C25H26N6O2. The molecule has 1 aromatic heterocycles. The van der Waals surface area contributed by atoms with Crippen LogP contribution in [0.15, 0.2) is 79.8 Å². The van der Waals surface area contributed by atoms with Crippen LogP contribution in [-0.4, -0.2) is 9.67 Å². The second-order valence-electron chi connectivity index (χ2n) is 7.55. The van der Waals surface area contributed by atoms with Crippen LogP contribution in [0.4, 0.5) is 22.7 Å². The average Bonchev–Trinajstić information content (AvgIpc) is 2.84. The number of benzene rings is 2. The molecule has 1 N–H and O–H groups in total. The van der Waals surface area contributed by atoms with Gasteiger partial charge in [0, 0.05) is 12.1 Å². The first kappa shape index (κ1) is 23.5. The van der Waals surface area contributed by atoms with Crippen molar-refractivity contribution in [2.45, 2.75) is 46.1 Å². The first-order chi connectivity index (χ1) is 16.0. The van der Waals surface area contributed by atoms with Crippen LogP contribution in [0.5, 0.6) is 5.88 Å². The van der Waals surface area contributed by atoms with Crippen LogP contribution in [0.1, 0.15) is 43.7 Å². The van der Waals surface area contributed by atoms with Crippen molar-refractivity contribution in [1.82, 2.24) is 4.57 Å². The summed E-state index contributed by atoms with van der Waals surface area (Å²) in [5.41, 5.74) is 1.86. The number of unbranched alkanes of at least 4 members (excludes halogenated alkanes) is 3. The SMILES string of the molecule is CCCCCCn1c(O)c(C#N)c(C)c(N=Nc2ccc(N=Nc3ccccc3)cc2)c1=O. The van der Waals surface area contributed by atoms with Gasteiger partial charge >= 0.3 is 0 Å². The van der Waals surface area contributed by atoms with Crippen molar-refractivity contribution in [2.24, 2.45) is 20.5 Å². The van der Waals surface area contributed by atoms with Gasteiger partial charge < -0.3 is 5.11 Å². The van der Waals surface area contributed by atoms with Crippen molar-refractivity contribution in [3.8, 4) is 11.9 Å². The molecule has 0 bridgehead atoms. The van der Waals surface area contributed by atoms with Gasteiger partial charge in [-0.05, 0) is 49.7 Å². The fourth-order valence-electron chi connectivity index (χ4n) is 3.27. The number of aromatic nitrogens is 1. The monoisotopic (exact) mass is 442 g/mol. The van der Waals surface area contributed by atoms with Gasteiger partial charge in [-0.15, -0.1) is 5.11 Å². The highest BCUT2D eigenvalue weighted by atomic mass is 16.3. The van der Waals surface area contributed by atoms with Gasteiger partial charge in [0.1, 0.15) is 11.6 Å². The lowest BCUT2D eigenvalue weighted by Gasteiger charge is -2.12. The molecule has 2 aromatic carbocycles. The predicted molar refractivity (Wildman–Crippen MR) is 127 cm³/mol. The average molecular weight is 443 g/mol. The molecule has 168 valence electrons.